The first kappa shape index (κ1) is 16.1. The van der Waals surface area contributed by atoms with Crippen molar-refractivity contribution in [3.05, 3.63) is 84.1 Å². The van der Waals surface area contributed by atoms with Gasteiger partial charge in [-0.2, -0.15) is 0 Å². The molecule has 3 aromatic rings. The van der Waals surface area contributed by atoms with Crippen molar-refractivity contribution in [2.24, 2.45) is 0 Å². The number of hydrogen-bond acceptors (Lipinski definition) is 2. The molecule has 1 amide bonds. The third kappa shape index (κ3) is 3.77. The predicted octanol–water partition coefficient (Wildman–Crippen LogP) is 4.18. The standard InChI is InChI=1S/C20H22N2O2/c1-2-12-22(20(23)19-11-7-14-24-19)16-18-10-6-13-21(18)15-17-8-4-3-5-9-17/h3-11,13-14H,2,12,15-16H2,1H3. The minimum Gasteiger partial charge on any atom is -0.459 e. The average Bonchev–Trinajstić information content (AvgIpc) is 3.27. The monoisotopic (exact) mass is 322 g/mol. The minimum absolute atomic E-state index is 0.0608. The van der Waals surface area contributed by atoms with Gasteiger partial charge in [-0.1, -0.05) is 37.3 Å². The lowest BCUT2D eigenvalue weighted by atomic mass is 10.2. The highest BCUT2D eigenvalue weighted by Gasteiger charge is 2.19. The molecule has 0 radical (unpaired) electrons. The Morgan fingerprint density at radius 2 is 1.92 bits per heavy atom. The maximum Gasteiger partial charge on any atom is 0.289 e. The predicted molar refractivity (Wildman–Crippen MR) is 93.7 cm³/mol. The molecule has 124 valence electrons. The largest absolute Gasteiger partial charge is 0.459 e. The third-order valence-corrected chi connectivity index (χ3v) is 3.98. The summed E-state index contributed by atoms with van der Waals surface area (Å²) in [4.78, 5) is 14.5. The van der Waals surface area contributed by atoms with E-state index in [2.05, 4.69) is 35.9 Å². The van der Waals surface area contributed by atoms with Crippen molar-refractivity contribution in [3.63, 3.8) is 0 Å². The molecule has 4 nitrogen and oxygen atoms in total. The van der Waals surface area contributed by atoms with Crippen LogP contribution in [0.5, 0.6) is 0 Å². The van der Waals surface area contributed by atoms with Gasteiger partial charge in [0.15, 0.2) is 5.76 Å². The van der Waals surface area contributed by atoms with E-state index in [9.17, 15) is 4.79 Å². The SMILES string of the molecule is CCCN(Cc1cccn1Cc1ccccc1)C(=O)c1ccco1. The Morgan fingerprint density at radius 1 is 1.08 bits per heavy atom. The molecule has 0 bridgehead atoms. The van der Waals surface area contributed by atoms with Crippen LogP contribution < -0.4 is 0 Å². The Balaban J connectivity index is 1.76. The molecule has 4 heteroatoms. The molecule has 0 atom stereocenters. The van der Waals surface area contributed by atoms with Gasteiger partial charge in [0.05, 0.1) is 12.8 Å². The molecule has 3 rings (SSSR count). The van der Waals surface area contributed by atoms with E-state index in [0.717, 1.165) is 18.7 Å². The maximum atomic E-state index is 12.6. The second-order valence-electron chi connectivity index (χ2n) is 5.82. The van der Waals surface area contributed by atoms with Gasteiger partial charge in [0.2, 0.25) is 0 Å². The van der Waals surface area contributed by atoms with Crippen molar-refractivity contribution in [2.45, 2.75) is 26.4 Å². The Kier molecular flexibility index (Phi) is 5.16. The number of nitrogens with zero attached hydrogens (tertiary/aromatic N) is 2. The Hall–Kier alpha value is -2.75. The van der Waals surface area contributed by atoms with Crippen LogP contribution in [0.25, 0.3) is 0 Å². The number of carbonyl (C=O) groups is 1. The van der Waals surface area contributed by atoms with Crippen LogP contribution in [0, 0.1) is 0 Å². The Morgan fingerprint density at radius 3 is 2.62 bits per heavy atom. The fourth-order valence-corrected chi connectivity index (χ4v) is 2.80. The lowest BCUT2D eigenvalue weighted by Crippen LogP contribution is -2.31. The first-order chi connectivity index (χ1) is 11.8. The minimum atomic E-state index is -0.0608. The summed E-state index contributed by atoms with van der Waals surface area (Å²) in [7, 11) is 0. The van der Waals surface area contributed by atoms with Crippen molar-refractivity contribution in [1.82, 2.24) is 9.47 Å². The van der Waals surface area contributed by atoms with Crippen molar-refractivity contribution in [3.8, 4) is 0 Å². The molecule has 0 N–H and O–H groups in total. The van der Waals surface area contributed by atoms with Crippen molar-refractivity contribution < 1.29 is 9.21 Å². The molecule has 0 aliphatic heterocycles. The molecule has 2 aromatic heterocycles. The summed E-state index contributed by atoms with van der Waals surface area (Å²) in [6.07, 6.45) is 4.51. The lowest BCUT2D eigenvalue weighted by molar-refractivity contribution is 0.0707. The number of amides is 1. The number of furan rings is 1. The number of benzene rings is 1. The van der Waals surface area contributed by atoms with E-state index in [1.165, 1.54) is 11.8 Å². The van der Waals surface area contributed by atoms with Gasteiger partial charge in [0.1, 0.15) is 0 Å². The molecule has 0 spiro atoms. The average molecular weight is 322 g/mol. The van der Waals surface area contributed by atoms with Gasteiger partial charge in [-0.25, -0.2) is 0 Å². The first-order valence-corrected chi connectivity index (χ1v) is 8.28. The van der Waals surface area contributed by atoms with Crippen molar-refractivity contribution in [2.75, 3.05) is 6.54 Å². The van der Waals surface area contributed by atoms with Gasteiger partial charge in [-0.05, 0) is 36.2 Å². The molecular formula is C20H22N2O2. The molecule has 1 aromatic carbocycles. The van der Waals surface area contributed by atoms with E-state index in [4.69, 9.17) is 4.42 Å². The maximum absolute atomic E-state index is 12.6. The zero-order chi connectivity index (χ0) is 16.8. The van der Waals surface area contributed by atoms with Crippen LogP contribution in [0.2, 0.25) is 0 Å². The topological polar surface area (TPSA) is 38.4 Å². The molecule has 0 fully saturated rings. The van der Waals surface area contributed by atoms with E-state index in [1.54, 1.807) is 12.1 Å². The summed E-state index contributed by atoms with van der Waals surface area (Å²) in [6.45, 7) is 4.16. The highest BCUT2D eigenvalue weighted by Crippen LogP contribution is 2.14. The van der Waals surface area contributed by atoms with Gasteiger partial charge in [-0.15, -0.1) is 0 Å². The molecule has 0 unspecified atom stereocenters. The second-order valence-corrected chi connectivity index (χ2v) is 5.82. The highest BCUT2D eigenvalue weighted by atomic mass is 16.3. The first-order valence-electron chi connectivity index (χ1n) is 8.28. The van der Waals surface area contributed by atoms with Crippen LogP contribution in [-0.2, 0) is 13.1 Å². The van der Waals surface area contributed by atoms with Crippen LogP contribution in [0.3, 0.4) is 0 Å². The fraction of sp³-hybridized carbons (Fsp3) is 0.250. The normalized spacial score (nSPS) is 10.7. The van der Waals surface area contributed by atoms with E-state index < -0.39 is 0 Å². The van der Waals surface area contributed by atoms with Crippen molar-refractivity contribution in [1.29, 1.82) is 0 Å². The number of carbonyl (C=O) groups excluding carboxylic acids is 1. The van der Waals surface area contributed by atoms with Gasteiger partial charge in [0.25, 0.3) is 5.91 Å². The molecule has 0 aliphatic carbocycles. The molecule has 0 saturated heterocycles. The third-order valence-electron chi connectivity index (χ3n) is 3.98. The molecule has 24 heavy (non-hydrogen) atoms. The summed E-state index contributed by atoms with van der Waals surface area (Å²) in [5.74, 6) is 0.332. The smallest absolute Gasteiger partial charge is 0.289 e. The zero-order valence-corrected chi connectivity index (χ0v) is 13.9. The zero-order valence-electron chi connectivity index (χ0n) is 13.9. The van der Waals surface area contributed by atoms with Gasteiger partial charge < -0.3 is 13.9 Å². The van der Waals surface area contributed by atoms with Crippen LogP contribution >= 0.6 is 0 Å². The van der Waals surface area contributed by atoms with Gasteiger partial charge >= 0.3 is 0 Å². The summed E-state index contributed by atoms with van der Waals surface area (Å²) in [6, 6.07) is 17.9. The second kappa shape index (κ2) is 7.68. The van der Waals surface area contributed by atoms with E-state index in [1.807, 2.05) is 29.2 Å². The van der Waals surface area contributed by atoms with Crippen molar-refractivity contribution >= 4 is 5.91 Å². The summed E-state index contributed by atoms with van der Waals surface area (Å²) < 4.78 is 7.46. The summed E-state index contributed by atoms with van der Waals surface area (Å²) >= 11 is 0. The highest BCUT2D eigenvalue weighted by molar-refractivity contribution is 5.91. The van der Waals surface area contributed by atoms with Gasteiger partial charge in [0, 0.05) is 25.0 Å². The number of rotatable bonds is 7. The van der Waals surface area contributed by atoms with E-state index >= 15 is 0 Å². The van der Waals surface area contributed by atoms with Crippen LogP contribution in [0.15, 0.2) is 71.5 Å². The molecule has 2 heterocycles. The lowest BCUT2D eigenvalue weighted by Gasteiger charge is -2.22. The summed E-state index contributed by atoms with van der Waals surface area (Å²) in [5.41, 5.74) is 2.36. The molecule has 0 saturated carbocycles. The number of aromatic nitrogens is 1. The quantitative estimate of drug-likeness (QED) is 0.654. The van der Waals surface area contributed by atoms with E-state index in [-0.39, 0.29) is 5.91 Å². The molecular weight excluding hydrogens is 300 g/mol. The van der Waals surface area contributed by atoms with Gasteiger partial charge in [-0.3, -0.25) is 4.79 Å². The Bertz CT molecular complexity index is 760. The Labute approximate surface area is 142 Å². The van der Waals surface area contributed by atoms with Crippen LogP contribution in [0.1, 0.15) is 35.2 Å². The van der Waals surface area contributed by atoms with Crippen LogP contribution in [0.4, 0.5) is 0 Å². The number of hydrogen-bond donors (Lipinski definition) is 0. The van der Waals surface area contributed by atoms with E-state index in [0.29, 0.717) is 18.8 Å². The molecule has 0 aliphatic rings. The fourth-order valence-electron chi connectivity index (χ4n) is 2.80. The summed E-state index contributed by atoms with van der Waals surface area (Å²) in [5, 5.41) is 0. The van der Waals surface area contributed by atoms with Crippen LogP contribution in [-0.4, -0.2) is 21.9 Å².